The van der Waals surface area contributed by atoms with Gasteiger partial charge in [0.05, 0.1) is 6.54 Å². The molecule has 1 aromatic rings. The van der Waals surface area contributed by atoms with Crippen LogP contribution < -0.4 is 4.72 Å². The van der Waals surface area contributed by atoms with Crippen LogP contribution in [0.2, 0.25) is 0 Å². The summed E-state index contributed by atoms with van der Waals surface area (Å²) in [4.78, 5) is 6.67. The van der Waals surface area contributed by atoms with Gasteiger partial charge in [0.1, 0.15) is 5.82 Å². The molecule has 2 N–H and O–H groups in total. The molecule has 13 heavy (non-hydrogen) atoms. The van der Waals surface area contributed by atoms with Gasteiger partial charge in [0.25, 0.3) is 10.2 Å². The molecular formula is C6H12N4O2S. The van der Waals surface area contributed by atoms with E-state index in [1.54, 1.807) is 12.4 Å². The van der Waals surface area contributed by atoms with Gasteiger partial charge in [-0.1, -0.05) is 0 Å². The zero-order valence-electron chi connectivity index (χ0n) is 7.48. The highest BCUT2D eigenvalue weighted by Gasteiger charge is 2.12. The molecule has 0 saturated carbocycles. The van der Waals surface area contributed by atoms with Gasteiger partial charge in [-0.2, -0.15) is 17.4 Å². The lowest BCUT2D eigenvalue weighted by Crippen LogP contribution is -2.35. The number of hydrogen-bond donors (Lipinski definition) is 2. The van der Waals surface area contributed by atoms with Crippen LogP contribution in [-0.4, -0.2) is 36.8 Å². The van der Waals surface area contributed by atoms with Gasteiger partial charge in [0.15, 0.2) is 0 Å². The molecule has 1 aromatic heterocycles. The standard InChI is InChI=1S/C6H12N4O2S/c1-10(2)13(11,12)9-5-6-7-3-4-8-6/h3-4,9H,5H2,1-2H3,(H,7,8). The van der Waals surface area contributed by atoms with Gasteiger partial charge in [-0.3, -0.25) is 0 Å². The van der Waals surface area contributed by atoms with Gasteiger partial charge < -0.3 is 4.98 Å². The topological polar surface area (TPSA) is 78.1 Å². The lowest BCUT2D eigenvalue weighted by atomic mass is 10.6. The number of rotatable bonds is 4. The molecule has 7 heteroatoms. The first kappa shape index (κ1) is 10.2. The van der Waals surface area contributed by atoms with Gasteiger partial charge in [0, 0.05) is 26.5 Å². The number of H-pyrrole nitrogens is 1. The first-order valence-electron chi connectivity index (χ1n) is 3.68. The average molecular weight is 204 g/mol. The molecule has 1 rings (SSSR count). The van der Waals surface area contributed by atoms with E-state index in [2.05, 4.69) is 14.7 Å². The molecule has 6 nitrogen and oxygen atoms in total. The SMILES string of the molecule is CN(C)S(=O)(=O)NCc1ncc[nH]1. The Morgan fingerprint density at radius 1 is 1.62 bits per heavy atom. The second kappa shape index (κ2) is 3.86. The Balaban J connectivity index is 2.53. The van der Waals surface area contributed by atoms with Gasteiger partial charge in [-0.15, -0.1) is 0 Å². The van der Waals surface area contributed by atoms with Crippen LogP contribution >= 0.6 is 0 Å². The monoisotopic (exact) mass is 204 g/mol. The van der Waals surface area contributed by atoms with E-state index in [1.807, 2.05) is 0 Å². The number of nitrogens with one attached hydrogen (secondary N) is 2. The molecule has 0 fully saturated rings. The molecule has 0 aromatic carbocycles. The third-order valence-corrected chi connectivity index (χ3v) is 2.93. The molecule has 0 aliphatic heterocycles. The number of aromatic amines is 1. The van der Waals surface area contributed by atoms with Crippen molar-refractivity contribution in [3.05, 3.63) is 18.2 Å². The van der Waals surface area contributed by atoms with E-state index >= 15 is 0 Å². The third-order valence-electron chi connectivity index (χ3n) is 1.46. The highest BCUT2D eigenvalue weighted by atomic mass is 32.2. The van der Waals surface area contributed by atoms with Crippen molar-refractivity contribution < 1.29 is 8.42 Å². The lowest BCUT2D eigenvalue weighted by Gasteiger charge is -2.10. The van der Waals surface area contributed by atoms with E-state index < -0.39 is 10.2 Å². The zero-order chi connectivity index (χ0) is 9.90. The molecule has 0 saturated heterocycles. The molecule has 0 unspecified atom stereocenters. The molecule has 0 amide bonds. The van der Waals surface area contributed by atoms with Gasteiger partial charge in [-0.25, -0.2) is 4.98 Å². The highest BCUT2D eigenvalue weighted by Crippen LogP contribution is 1.92. The van der Waals surface area contributed by atoms with E-state index in [1.165, 1.54) is 14.1 Å². The minimum Gasteiger partial charge on any atom is -0.347 e. The summed E-state index contributed by atoms with van der Waals surface area (Å²) in [5, 5.41) is 0. The summed E-state index contributed by atoms with van der Waals surface area (Å²) in [5.74, 6) is 0.588. The average Bonchev–Trinajstić information content (AvgIpc) is 2.52. The zero-order valence-corrected chi connectivity index (χ0v) is 8.30. The van der Waals surface area contributed by atoms with Crippen LogP contribution in [0.25, 0.3) is 0 Å². The Bertz CT molecular complexity index is 343. The Hall–Kier alpha value is -0.920. The van der Waals surface area contributed by atoms with Gasteiger partial charge in [-0.05, 0) is 0 Å². The van der Waals surface area contributed by atoms with Crippen LogP contribution in [0.15, 0.2) is 12.4 Å². The number of aromatic nitrogens is 2. The third kappa shape index (κ3) is 2.79. The Kier molecular flexibility index (Phi) is 3.02. The summed E-state index contributed by atoms with van der Waals surface area (Å²) in [5.41, 5.74) is 0. The molecule has 0 radical (unpaired) electrons. The second-order valence-corrected chi connectivity index (χ2v) is 4.61. The van der Waals surface area contributed by atoms with E-state index in [0.29, 0.717) is 5.82 Å². The maximum Gasteiger partial charge on any atom is 0.279 e. The summed E-state index contributed by atoms with van der Waals surface area (Å²) in [6.45, 7) is 0.174. The van der Waals surface area contributed by atoms with Gasteiger partial charge >= 0.3 is 0 Å². The van der Waals surface area contributed by atoms with Crippen LogP contribution in [-0.2, 0) is 16.8 Å². The molecular weight excluding hydrogens is 192 g/mol. The van der Waals surface area contributed by atoms with Crippen molar-refractivity contribution in [1.82, 2.24) is 19.0 Å². The highest BCUT2D eigenvalue weighted by molar-refractivity contribution is 7.87. The van der Waals surface area contributed by atoms with Crippen LogP contribution in [0.5, 0.6) is 0 Å². The quantitative estimate of drug-likeness (QED) is 0.681. The lowest BCUT2D eigenvalue weighted by molar-refractivity contribution is 0.504. The summed E-state index contributed by atoms with van der Waals surface area (Å²) < 4.78 is 25.9. The molecule has 1 heterocycles. The second-order valence-electron chi connectivity index (χ2n) is 2.64. The predicted molar refractivity (Wildman–Crippen MR) is 48.0 cm³/mol. The summed E-state index contributed by atoms with van der Waals surface area (Å²) in [7, 11) is -0.425. The van der Waals surface area contributed by atoms with Gasteiger partial charge in [0.2, 0.25) is 0 Å². The summed E-state index contributed by atoms with van der Waals surface area (Å²) in [6.07, 6.45) is 3.21. The molecule has 0 aliphatic carbocycles. The summed E-state index contributed by atoms with van der Waals surface area (Å²) in [6, 6.07) is 0. The first-order chi connectivity index (χ1) is 6.02. The minimum atomic E-state index is -3.35. The Morgan fingerprint density at radius 2 is 2.31 bits per heavy atom. The molecule has 0 aliphatic rings. The number of imidazole rings is 1. The van der Waals surface area contributed by atoms with Crippen molar-refractivity contribution in [3.63, 3.8) is 0 Å². The van der Waals surface area contributed by atoms with E-state index in [0.717, 1.165) is 4.31 Å². The number of nitrogens with zero attached hydrogens (tertiary/aromatic N) is 2. The smallest absolute Gasteiger partial charge is 0.279 e. The maximum atomic E-state index is 11.2. The van der Waals surface area contributed by atoms with Crippen molar-refractivity contribution in [1.29, 1.82) is 0 Å². The van der Waals surface area contributed by atoms with E-state index in [-0.39, 0.29) is 6.54 Å². The van der Waals surface area contributed by atoms with Crippen molar-refractivity contribution in [3.8, 4) is 0 Å². The van der Waals surface area contributed by atoms with Crippen LogP contribution in [0.4, 0.5) is 0 Å². The maximum absolute atomic E-state index is 11.2. The van der Waals surface area contributed by atoms with Crippen LogP contribution in [0.1, 0.15) is 5.82 Å². The fraction of sp³-hybridized carbons (Fsp3) is 0.500. The van der Waals surface area contributed by atoms with E-state index in [9.17, 15) is 8.42 Å². The summed E-state index contributed by atoms with van der Waals surface area (Å²) >= 11 is 0. The molecule has 0 atom stereocenters. The fourth-order valence-corrected chi connectivity index (χ4v) is 1.26. The minimum absolute atomic E-state index is 0.174. The first-order valence-corrected chi connectivity index (χ1v) is 5.12. The largest absolute Gasteiger partial charge is 0.347 e. The number of hydrogen-bond acceptors (Lipinski definition) is 3. The van der Waals surface area contributed by atoms with Crippen LogP contribution in [0.3, 0.4) is 0 Å². The molecule has 74 valence electrons. The van der Waals surface area contributed by atoms with Crippen LogP contribution in [0, 0.1) is 0 Å². The normalized spacial score (nSPS) is 12.2. The fourth-order valence-electron chi connectivity index (χ4n) is 0.683. The molecule has 0 bridgehead atoms. The Morgan fingerprint density at radius 3 is 2.77 bits per heavy atom. The predicted octanol–water partition coefficient (Wildman–Crippen LogP) is -0.694. The van der Waals surface area contributed by atoms with Crippen molar-refractivity contribution >= 4 is 10.2 Å². The van der Waals surface area contributed by atoms with E-state index in [4.69, 9.17) is 0 Å². The van der Waals surface area contributed by atoms with Crippen molar-refractivity contribution in [2.45, 2.75) is 6.54 Å². The van der Waals surface area contributed by atoms with Crippen molar-refractivity contribution in [2.75, 3.05) is 14.1 Å². The Labute approximate surface area is 77.2 Å². The van der Waals surface area contributed by atoms with Crippen molar-refractivity contribution in [2.24, 2.45) is 0 Å². The molecule has 0 spiro atoms.